The van der Waals surface area contributed by atoms with E-state index in [1.54, 1.807) is 0 Å². The topological polar surface area (TPSA) is 28.7 Å². The lowest BCUT2D eigenvalue weighted by molar-refractivity contribution is 0.312. The van der Waals surface area contributed by atoms with E-state index in [2.05, 4.69) is 24.0 Å². The van der Waals surface area contributed by atoms with Gasteiger partial charge in [-0.25, -0.2) is 0 Å². The predicted molar refractivity (Wildman–Crippen MR) is 53.6 cm³/mol. The molecule has 0 spiro atoms. The van der Waals surface area contributed by atoms with Gasteiger partial charge in [0.25, 0.3) is 0 Å². The Balaban J connectivity index is 2.08. The predicted octanol–water partition coefficient (Wildman–Crippen LogP) is 2.56. The number of nitrogens with zero attached hydrogens (tertiary/aromatic N) is 1. The molecule has 0 aliphatic heterocycles. The summed E-state index contributed by atoms with van der Waals surface area (Å²) in [5.74, 6) is 1.75. The van der Waals surface area contributed by atoms with E-state index in [0.717, 1.165) is 11.8 Å². The molecule has 1 aromatic rings. The van der Waals surface area contributed by atoms with Crippen LogP contribution >= 0.6 is 0 Å². The largest absolute Gasteiger partial charge is 0.282 e. The second kappa shape index (κ2) is 3.52. The normalized spacial score (nSPS) is 24.0. The summed E-state index contributed by atoms with van der Waals surface area (Å²) in [4.78, 5) is 0. The van der Waals surface area contributed by atoms with Gasteiger partial charge in [-0.15, -0.1) is 0 Å². The molecule has 2 heteroatoms. The minimum atomic E-state index is 0.864. The minimum Gasteiger partial charge on any atom is -0.282 e. The Morgan fingerprint density at radius 1 is 1.69 bits per heavy atom. The van der Waals surface area contributed by atoms with Gasteiger partial charge in [0.2, 0.25) is 0 Å². The average Bonchev–Trinajstić information content (AvgIpc) is 2.63. The van der Waals surface area contributed by atoms with E-state index < -0.39 is 0 Å². The fraction of sp³-hybridized carbons (Fsp3) is 0.727. The Hall–Kier alpha value is -0.790. The van der Waals surface area contributed by atoms with Gasteiger partial charge < -0.3 is 0 Å². The molecular weight excluding hydrogens is 160 g/mol. The van der Waals surface area contributed by atoms with E-state index in [1.165, 1.54) is 36.9 Å². The van der Waals surface area contributed by atoms with Crippen molar-refractivity contribution in [3.8, 4) is 0 Å². The molecule has 1 N–H and O–H groups in total. The van der Waals surface area contributed by atoms with Crippen LogP contribution in [0.25, 0.3) is 0 Å². The zero-order valence-corrected chi connectivity index (χ0v) is 8.51. The van der Waals surface area contributed by atoms with Crippen LogP contribution < -0.4 is 0 Å². The summed E-state index contributed by atoms with van der Waals surface area (Å²) in [5, 5.41) is 7.18. The number of aryl methyl sites for hydroxylation is 1. The number of hydrogen-bond donors (Lipinski definition) is 1. The SMILES string of the molecule is CCC(C)[C@@H]1CCc2[nH]ncc2C1. The van der Waals surface area contributed by atoms with E-state index >= 15 is 0 Å². The fourth-order valence-corrected chi connectivity index (χ4v) is 2.26. The van der Waals surface area contributed by atoms with Crippen LogP contribution in [0.1, 0.15) is 37.9 Å². The molecule has 2 nitrogen and oxygen atoms in total. The van der Waals surface area contributed by atoms with E-state index in [0.29, 0.717) is 0 Å². The number of aromatic amines is 1. The number of rotatable bonds is 2. The first-order chi connectivity index (χ1) is 6.31. The minimum absolute atomic E-state index is 0.864. The van der Waals surface area contributed by atoms with Crippen molar-refractivity contribution in [1.29, 1.82) is 0 Å². The maximum Gasteiger partial charge on any atom is 0.0522 e. The Morgan fingerprint density at radius 2 is 2.54 bits per heavy atom. The van der Waals surface area contributed by atoms with Crippen molar-refractivity contribution in [1.82, 2.24) is 10.2 Å². The molecule has 13 heavy (non-hydrogen) atoms. The van der Waals surface area contributed by atoms with Crippen LogP contribution in [0.4, 0.5) is 0 Å². The Kier molecular flexibility index (Phi) is 2.38. The molecule has 0 amide bonds. The van der Waals surface area contributed by atoms with Crippen LogP contribution in [0.3, 0.4) is 0 Å². The Bertz CT molecular complexity index is 277. The van der Waals surface area contributed by atoms with Gasteiger partial charge in [-0.1, -0.05) is 20.3 Å². The van der Waals surface area contributed by atoms with Crippen molar-refractivity contribution in [3.63, 3.8) is 0 Å². The van der Waals surface area contributed by atoms with Crippen LogP contribution in [0.5, 0.6) is 0 Å². The highest BCUT2D eigenvalue weighted by molar-refractivity contribution is 5.20. The van der Waals surface area contributed by atoms with Crippen molar-refractivity contribution in [2.45, 2.75) is 39.5 Å². The summed E-state index contributed by atoms with van der Waals surface area (Å²) >= 11 is 0. The van der Waals surface area contributed by atoms with Crippen LogP contribution in [0.15, 0.2) is 6.20 Å². The lowest BCUT2D eigenvalue weighted by Crippen LogP contribution is -2.19. The van der Waals surface area contributed by atoms with Gasteiger partial charge in [0.15, 0.2) is 0 Å². The molecule has 1 aliphatic rings. The van der Waals surface area contributed by atoms with Crippen molar-refractivity contribution >= 4 is 0 Å². The summed E-state index contributed by atoms with van der Waals surface area (Å²) in [6, 6.07) is 0. The smallest absolute Gasteiger partial charge is 0.0522 e. The number of hydrogen-bond acceptors (Lipinski definition) is 1. The number of nitrogens with one attached hydrogen (secondary N) is 1. The lowest BCUT2D eigenvalue weighted by Gasteiger charge is -2.26. The summed E-state index contributed by atoms with van der Waals surface area (Å²) < 4.78 is 0. The highest BCUT2D eigenvalue weighted by Crippen LogP contribution is 2.30. The highest BCUT2D eigenvalue weighted by atomic mass is 15.1. The number of H-pyrrole nitrogens is 1. The molecule has 0 saturated carbocycles. The molecule has 1 aliphatic carbocycles. The van der Waals surface area contributed by atoms with Crippen LogP contribution in [-0.2, 0) is 12.8 Å². The molecule has 0 bridgehead atoms. The zero-order chi connectivity index (χ0) is 9.26. The van der Waals surface area contributed by atoms with Crippen LogP contribution in [0.2, 0.25) is 0 Å². The van der Waals surface area contributed by atoms with Gasteiger partial charge in [0.1, 0.15) is 0 Å². The van der Waals surface area contributed by atoms with Gasteiger partial charge in [-0.2, -0.15) is 5.10 Å². The first-order valence-electron chi connectivity index (χ1n) is 5.32. The molecule has 2 rings (SSSR count). The molecule has 0 aromatic carbocycles. The summed E-state index contributed by atoms with van der Waals surface area (Å²) in [7, 11) is 0. The van der Waals surface area contributed by atoms with Gasteiger partial charge >= 0.3 is 0 Å². The van der Waals surface area contributed by atoms with Crippen molar-refractivity contribution in [2.75, 3.05) is 0 Å². The summed E-state index contributed by atoms with van der Waals surface area (Å²) in [5.41, 5.74) is 2.83. The van der Waals surface area contributed by atoms with Crippen molar-refractivity contribution in [3.05, 3.63) is 17.5 Å². The maximum atomic E-state index is 4.10. The van der Waals surface area contributed by atoms with Gasteiger partial charge in [0.05, 0.1) is 6.20 Å². The number of aromatic nitrogens is 2. The van der Waals surface area contributed by atoms with Gasteiger partial charge in [-0.3, -0.25) is 5.10 Å². The Labute approximate surface area is 79.7 Å². The molecule has 1 unspecified atom stereocenters. The molecule has 72 valence electrons. The van der Waals surface area contributed by atoms with E-state index in [-0.39, 0.29) is 0 Å². The molecule has 0 radical (unpaired) electrons. The molecular formula is C11H18N2. The third-order valence-corrected chi connectivity index (χ3v) is 3.50. The standard InChI is InChI=1S/C11H18N2/c1-3-8(2)9-4-5-11-10(6-9)7-12-13-11/h7-9H,3-6H2,1-2H3,(H,12,13)/t8?,9-/m1/s1. The first kappa shape index (κ1) is 8.79. The first-order valence-corrected chi connectivity index (χ1v) is 5.32. The number of fused-ring (bicyclic) bond motifs is 1. The average molecular weight is 178 g/mol. The van der Waals surface area contributed by atoms with Gasteiger partial charge in [-0.05, 0) is 36.7 Å². The molecule has 0 fully saturated rings. The highest BCUT2D eigenvalue weighted by Gasteiger charge is 2.23. The van der Waals surface area contributed by atoms with Crippen molar-refractivity contribution in [2.24, 2.45) is 11.8 Å². The molecule has 1 heterocycles. The Morgan fingerprint density at radius 3 is 3.31 bits per heavy atom. The second-order valence-electron chi connectivity index (χ2n) is 4.26. The lowest BCUT2D eigenvalue weighted by atomic mass is 9.79. The molecule has 1 aromatic heterocycles. The third kappa shape index (κ3) is 1.62. The monoisotopic (exact) mass is 178 g/mol. The second-order valence-corrected chi connectivity index (χ2v) is 4.26. The molecule has 0 saturated heterocycles. The summed E-state index contributed by atoms with van der Waals surface area (Å²) in [6.07, 6.45) is 7.08. The van der Waals surface area contributed by atoms with E-state index in [9.17, 15) is 0 Å². The molecule has 2 atom stereocenters. The van der Waals surface area contributed by atoms with Crippen LogP contribution in [0, 0.1) is 11.8 Å². The van der Waals surface area contributed by atoms with Gasteiger partial charge in [0, 0.05) is 5.69 Å². The van der Waals surface area contributed by atoms with E-state index in [4.69, 9.17) is 0 Å². The van der Waals surface area contributed by atoms with E-state index in [1.807, 2.05) is 6.20 Å². The zero-order valence-electron chi connectivity index (χ0n) is 8.51. The quantitative estimate of drug-likeness (QED) is 0.740. The van der Waals surface area contributed by atoms with Crippen molar-refractivity contribution < 1.29 is 0 Å². The fourth-order valence-electron chi connectivity index (χ4n) is 2.26. The van der Waals surface area contributed by atoms with Crippen LogP contribution in [-0.4, -0.2) is 10.2 Å². The summed E-state index contributed by atoms with van der Waals surface area (Å²) in [6.45, 7) is 4.66. The third-order valence-electron chi connectivity index (χ3n) is 3.50. The maximum absolute atomic E-state index is 4.10.